The van der Waals surface area contributed by atoms with E-state index in [1.165, 1.54) is 77.0 Å². The second-order valence-electron chi connectivity index (χ2n) is 7.44. The van der Waals surface area contributed by atoms with Crippen molar-refractivity contribution in [2.75, 3.05) is 20.0 Å². The van der Waals surface area contributed by atoms with Gasteiger partial charge in [-0.05, 0) is 34.4 Å². The lowest BCUT2D eigenvalue weighted by Crippen LogP contribution is -2.23. The Balaban J connectivity index is 0. The second-order valence-corrected chi connectivity index (χ2v) is 7.82. The van der Waals surface area contributed by atoms with Crippen LogP contribution in [0.25, 0.3) is 0 Å². The molecule has 0 fully saturated rings. The SMILES string of the molecule is CC(=CC(C)N(C)C)C(=O)O.CCCCCCCCCCCCCCCl. The third kappa shape index (κ3) is 21.5. The molecule has 3 nitrogen and oxygen atoms in total. The first kappa shape index (κ1) is 27.7. The summed E-state index contributed by atoms with van der Waals surface area (Å²) in [6.45, 7) is 5.83. The van der Waals surface area contributed by atoms with Crippen molar-refractivity contribution in [1.82, 2.24) is 4.90 Å². The van der Waals surface area contributed by atoms with Crippen LogP contribution in [0, 0.1) is 0 Å². The zero-order valence-electron chi connectivity index (χ0n) is 18.0. The zero-order chi connectivity index (χ0) is 20.2. The molecule has 0 spiro atoms. The number of halogens is 1. The molecule has 0 saturated carbocycles. The van der Waals surface area contributed by atoms with Gasteiger partial charge in [-0.1, -0.05) is 83.6 Å². The first-order valence-electron chi connectivity index (χ1n) is 10.5. The molecule has 156 valence electrons. The fraction of sp³-hybridized carbons (Fsp3) is 0.864. The number of unbranched alkanes of at least 4 members (excludes halogenated alkanes) is 11. The highest BCUT2D eigenvalue weighted by molar-refractivity contribution is 6.17. The van der Waals surface area contributed by atoms with Gasteiger partial charge in [0.2, 0.25) is 0 Å². The standard InChI is InChI=1S/C14H29Cl.C8H15NO2/c1-2-3-4-5-6-7-8-9-10-11-12-13-14-15;1-6(8(10)11)5-7(2)9(3)4/h2-14H2,1H3;5,7H,1-4H3,(H,10,11). The maximum absolute atomic E-state index is 10.4. The van der Waals surface area contributed by atoms with Gasteiger partial charge in [-0.2, -0.15) is 0 Å². The lowest BCUT2D eigenvalue weighted by molar-refractivity contribution is -0.132. The Labute approximate surface area is 168 Å². The van der Waals surface area contributed by atoms with E-state index in [2.05, 4.69) is 6.92 Å². The average molecular weight is 390 g/mol. The van der Waals surface area contributed by atoms with Gasteiger partial charge in [-0.15, -0.1) is 11.6 Å². The van der Waals surface area contributed by atoms with Gasteiger partial charge in [-0.3, -0.25) is 0 Å². The highest BCUT2D eigenvalue weighted by Crippen LogP contribution is 2.11. The van der Waals surface area contributed by atoms with Crippen LogP contribution in [-0.4, -0.2) is 42.0 Å². The lowest BCUT2D eigenvalue weighted by Gasteiger charge is -2.15. The molecule has 0 aromatic heterocycles. The molecular formula is C22H44ClNO2. The van der Waals surface area contributed by atoms with E-state index in [-0.39, 0.29) is 6.04 Å². The van der Waals surface area contributed by atoms with Crippen molar-refractivity contribution >= 4 is 17.6 Å². The van der Waals surface area contributed by atoms with Crippen LogP contribution in [0.3, 0.4) is 0 Å². The molecule has 0 bridgehead atoms. The smallest absolute Gasteiger partial charge is 0.331 e. The van der Waals surface area contributed by atoms with Gasteiger partial charge in [0.1, 0.15) is 0 Å². The largest absolute Gasteiger partial charge is 0.478 e. The number of carboxylic acid groups (broad SMARTS) is 1. The van der Waals surface area contributed by atoms with Crippen LogP contribution in [0.2, 0.25) is 0 Å². The fourth-order valence-electron chi connectivity index (χ4n) is 2.52. The summed E-state index contributed by atoms with van der Waals surface area (Å²) in [6.07, 6.45) is 18.6. The molecular weight excluding hydrogens is 346 g/mol. The van der Waals surface area contributed by atoms with E-state index in [1.54, 1.807) is 13.0 Å². The molecule has 0 aliphatic heterocycles. The average Bonchev–Trinajstić information content (AvgIpc) is 2.60. The molecule has 0 heterocycles. The predicted octanol–water partition coefficient (Wildman–Crippen LogP) is 6.89. The van der Waals surface area contributed by atoms with E-state index in [4.69, 9.17) is 16.7 Å². The van der Waals surface area contributed by atoms with Crippen molar-refractivity contribution in [3.05, 3.63) is 11.6 Å². The normalized spacial score (nSPS) is 12.7. The Morgan fingerprint density at radius 3 is 1.62 bits per heavy atom. The topological polar surface area (TPSA) is 40.5 Å². The summed E-state index contributed by atoms with van der Waals surface area (Å²) in [5, 5.41) is 8.53. The summed E-state index contributed by atoms with van der Waals surface area (Å²) in [7, 11) is 3.83. The van der Waals surface area contributed by atoms with Crippen molar-refractivity contribution in [2.24, 2.45) is 0 Å². The van der Waals surface area contributed by atoms with Crippen molar-refractivity contribution in [3.63, 3.8) is 0 Å². The van der Waals surface area contributed by atoms with Crippen molar-refractivity contribution < 1.29 is 9.90 Å². The number of likely N-dealkylation sites (N-methyl/N-ethyl adjacent to an activating group) is 1. The monoisotopic (exact) mass is 389 g/mol. The maximum Gasteiger partial charge on any atom is 0.331 e. The molecule has 1 atom stereocenters. The summed E-state index contributed by atoms with van der Waals surface area (Å²) in [6, 6.07) is 0.172. The van der Waals surface area contributed by atoms with Crippen molar-refractivity contribution in [2.45, 2.75) is 104 Å². The highest BCUT2D eigenvalue weighted by Gasteiger charge is 2.04. The van der Waals surface area contributed by atoms with Crippen LogP contribution in [0.1, 0.15) is 97.8 Å². The summed E-state index contributed by atoms with van der Waals surface area (Å²) >= 11 is 5.62. The zero-order valence-corrected chi connectivity index (χ0v) is 18.8. The minimum Gasteiger partial charge on any atom is -0.478 e. The molecule has 0 radical (unpaired) electrons. The molecule has 0 aliphatic rings. The molecule has 0 rings (SSSR count). The van der Waals surface area contributed by atoms with E-state index < -0.39 is 5.97 Å². The van der Waals surface area contributed by atoms with Crippen LogP contribution in [-0.2, 0) is 4.79 Å². The number of hydrogen-bond donors (Lipinski definition) is 1. The number of carbonyl (C=O) groups is 1. The number of rotatable bonds is 15. The number of nitrogens with zero attached hydrogens (tertiary/aromatic N) is 1. The predicted molar refractivity (Wildman–Crippen MR) is 116 cm³/mol. The van der Waals surface area contributed by atoms with E-state index in [1.807, 2.05) is 25.9 Å². The third-order valence-corrected chi connectivity index (χ3v) is 4.90. The van der Waals surface area contributed by atoms with Gasteiger partial charge in [0.15, 0.2) is 0 Å². The highest BCUT2D eigenvalue weighted by atomic mass is 35.5. The van der Waals surface area contributed by atoms with Crippen LogP contribution in [0.5, 0.6) is 0 Å². The summed E-state index contributed by atoms with van der Waals surface area (Å²) in [5.41, 5.74) is 0.395. The minimum atomic E-state index is -0.848. The van der Waals surface area contributed by atoms with Crippen LogP contribution >= 0.6 is 11.6 Å². The van der Waals surface area contributed by atoms with Gasteiger partial charge in [0.05, 0.1) is 0 Å². The first-order chi connectivity index (χ1) is 12.4. The van der Waals surface area contributed by atoms with Gasteiger partial charge in [0.25, 0.3) is 0 Å². The number of carboxylic acids is 1. The van der Waals surface area contributed by atoms with Crippen LogP contribution < -0.4 is 0 Å². The fourth-order valence-corrected chi connectivity index (χ4v) is 2.71. The van der Waals surface area contributed by atoms with Crippen LogP contribution in [0.4, 0.5) is 0 Å². The van der Waals surface area contributed by atoms with E-state index in [0.717, 1.165) is 5.88 Å². The van der Waals surface area contributed by atoms with Gasteiger partial charge in [-0.25, -0.2) is 4.79 Å². The second kappa shape index (κ2) is 20.8. The van der Waals surface area contributed by atoms with E-state index in [0.29, 0.717) is 5.57 Å². The molecule has 0 amide bonds. The van der Waals surface area contributed by atoms with Crippen LogP contribution in [0.15, 0.2) is 11.6 Å². The minimum absolute atomic E-state index is 0.172. The summed E-state index contributed by atoms with van der Waals surface area (Å²) in [4.78, 5) is 12.3. The van der Waals surface area contributed by atoms with E-state index >= 15 is 0 Å². The Kier molecular flexibility index (Phi) is 22.1. The van der Waals surface area contributed by atoms with Crippen molar-refractivity contribution in [3.8, 4) is 0 Å². The first-order valence-corrected chi connectivity index (χ1v) is 11.0. The molecule has 0 aromatic rings. The molecule has 26 heavy (non-hydrogen) atoms. The molecule has 1 unspecified atom stereocenters. The molecule has 4 heteroatoms. The quantitative estimate of drug-likeness (QED) is 0.188. The Bertz CT molecular complexity index is 331. The Hall–Kier alpha value is -0.540. The maximum atomic E-state index is 10.4. The number of alkyl halides is 1. The third-order valence-electron chi connectivity index (χ3n) is 4.63. The number of hydrogen-bond acceptors (Lipinski definition) is 2. The molecule has 0 aromatic carbocycles. The van der Waals surface area contributed by atoms with Gasteiger partial charge < -0.3 is 10.0 Å². The lowest BCUT2D eigenvalue weighted by atomic mass is 10.1. The van der Waals surface area contributed by atoms with E-state index in [9.17, 15) is 4.79 Å². The molecule has 0 saturated heterocycles. The number of aliphatic carboxylic acids is 1. The molecule has 0 aliphatic carbocycles. The Morgan fingerprint density at radius 2 is 1.31 bits per heavy atom. The Morgan fingerprint density at radius 1 is 0.923 bits per heavy atom. The summed E-state index contributed by atoms with van der Waals surface area (Å²) in [5.74, 6) is -0.00375. The molecule has 1 N–H and O–H groups in total. The van der Waals surface area contributed by atoms with Gasteiger partial charge >= 0.3 is 5.97 Å². The summed E-state index contributed by atoms with van der Waals surface area (Å²) < 4.78 is 0. The van der Waals surface area contributed by atoms with Crippen molar-refractivity contribution in [1.29, 1.82) is 0 Å². The van der Waals surface area contributed by atoms with Gasteiger partial charge in [0, 0.05) is 17.5 Å².